The smallest absolute Gasteiger partial charge is 0.187 e. The van der Waals surface area contributed by atoms with Crippen molar-refractivity contribution in [2.75, 3.05) is 0 Å². The lowest BCUT2D eigenvalue weighted by Gasteiger charge is -2.20. The molecule has 11 heavy (non-hydrogen) atoms. The second kappa shape index (κ2) is 2.21. The molecule has 0 aromatic carbocycles. The highest BCUT2D eigenvalue weighted by atomic mass is 35.5. The Kier molecular flexibility index (Phi) is 1.33. The van der Waals surface area contributed by atoms with Gasteiger partial charge in [0.05, 0.1) is 5.70 Å². The zero-order valence-electron chi connectivity index (χ0n) is 5.41. The highest BCUT2D eigenvalue weighted by Crippen LogP contribution is 2.21. The molecule has 1 unspecified atom stereocenters. The number of hydroxylamine groups is 1. The van der Waals surface area contributed by atoms with E-state index in [-0.39, 0.29) is 5.84 Å². The van der Waals surface area contributed by atoms with Crippen molar-refractivity contribution < 1.29 is 4.84 Å². The lowest BCUT2D eigenvalue weighted by molar-refractivity contribution is 0.0751. The summed E-state index contributed by atoms with van der Waals surface area (Å²) in [6, 6.07) is 0. The van der Waals surface area contributed by atoms with Crippen LogP contribution in [0.25, 0.3) is 0 Å². The van der Waals surface area contributed by atoms with Gasteiger partial charge in [0.1, 0.15) is 6.34 Å². The van der Waals surface area contributed by atoms with Crippen LogP contribution in [0.3, 0.4) is 0 Å². The second-order valence-electron chi connectivity index (χ2n) is 2.13. The van der Waals surface area contributed by atoms with Gasteiger partial charge in [-0.3, -0.25) is 15.7 Å². The first kappa shape index (κ1) is 6.63. The average molecular weight is 173 g/mol. The van der Waals surface area contributed by atoms with Gasteiger partial charge in [0.15, 0.2) is 11.9 Å². The first-order valence-corrected chi connectivity index (χ1v) is 3.32. The van der Waals surface area contributed by atoms with Crippen LogP contribution in [0.15, 0.2) is 16.9 Å². The molecule has 58 valence electrons. The van der Waals surface area contributed by atoms with Crippen molar-refractivity contribution in [2.24, 2.45) is 4.99 Å². The lowest BCUT2D eigenvalue weighted by Crippen LogP contribution is -2.32. The number of nitrogens with one attached hydrogen (secondary N) is 2. The first-order valence-electron chi connectivity index (χ1n) is 2.98. The van der Waals surface area contributed by atoms with Crippen LogP contribution in [0.4, 0.5) is 0 Å². The molecule has 0 aromatic heterocycles. The summed E-state index contributed by atoms with van der Waals surface area (Å²) in [6.07, 6.45) is 2.50. The van der Waals surface area contributed by atoms with Gasteiger partial charge in [0, 0.05) is 18.0 Å². The Hall–Kier alpha value is -1.07. The molecule has 0 radical (unpaired) electrons. The SMILES string of the molecule is N=C1N=CN(Cl)C2=CNOC12. The second-order valence-corrected chi connectivity index (χ2v) is 2.49. The minimum absolute atomic E-state index is 0.151. The summed E-state index contributed by atoms with van der Waals surface area (Å²) in [5.74, 6) is 0.151. The number of rotatable bonds is 0. The molecule has 2 rings (SSSR count). The highest BCUT2D eigenvalue weighted by molar-refractivity contribution is 6.22. The zero-order valence-corrected chi connectivity index (χ0v) is 6.17. The Balaban J connectivity index is 2.36. The van der Waals surface area contributed by atoms with Gasteiger partial charge >= 0.3 is 0 Å². The van der Waals surface area contributed by atoms with E-state index < -0.39 is 6.10 Å². The number of fused-ring (bicyclic) bond motifs is 1. The molecular weight excluding hydrogens is 168 g/mol. The molecule has 6 heteroatoms. The predicted molar refractivity (Wildman–Crippen MR) is 40.0 cm³/mol. The highest BCUT2D eigenvalue weighted by Gasteiger charge is 2.31. The van der Waals surface area contributed by atoms with Crippen LogP contribution >= 0.6 is 11.8 Å². The number of nitrogens with zero attached hydrogens (tertiary/aromatic N) is 2. The fourth-order valence-electron chi connectivity index (χ4n) is 0.915. The van der Waals surface area contributed by atoms with Crippen LogP contribution in [0.2, 0.25) is 0 Å². The Morgan fingerprint density at radius 2 is 2.64 bits per heavy atom. The molecule has 0 fully saturated rings. The van der Waals surface area contributed by atoms with Crippen LogP contribution < -0.4 is 5.48 Å². The predicted octanol–water partition coefficient (Wildman–Crippen LogP) is 0.206. The van der Waals surface area contributed by atoms with E-state index in [2.05, 4.69) is 10.5 Å². The van der Waals surface area contributed by atoms with Crippen molar-refractivity contribution in [3.05, 3.63) is 11.9 Å². The molecule has 2 aliphatic rings. The van der Waals surface area contributed by atoms with E-state index in [1.807, 2.05) is 0 Å². The minimum Gasteiger partial charge on any atom is -0.284 e. The molecule has 0 aromatic rings. The van der Waals surface area contributed by atoms with Gasteiger partial charge in [0.25, 0.3) is 0 Å². The summed E-state index contributed by atoms with van der Waals surface area (Å²) in [4.78, 5) is 8.63. The molecule has 2 heterocycles. The van der Waals surface area contributed by atoms with Crippen molar-refractivity contribution in [3.63, 3.8) is 0 Å². The van der Waals surface area contributed by atoms with Crippen LogP contribution in [0.1, 0.15) is 0 Å². The quantitative estimate of drug-likeness (QED) is 0.514. The summed E-state index contributed by atoms with van der Waals surface area (Å²) in [5, 5.41) is 7.32. The third-order valence-corrected chi connectivity index (χ3v) is 1.74. The van der Waals surface area contributed by atoms with Gasteiger partial charge < -0.3 is 0 Å². The van der Waals surface area contributed by atoms with Crippen LogP contribution in [-0.4, -0.2) is 22.7 Å². The molecule has 2 N–H and O–H groups in total. The van der Waals surface area contributed by atoms with Crippen molar-refractivity contribution in [1.29, 1.82) is 5.41 Å². The monoisotopic (exact) mass is 172 g/mol. The van der Waals surface area contributed by atoms with Gasteiger partial charge in [-0.25, -0.2) is 9.41 Å². The summed E-state index contributed by atoms with van der Waals surface area (Å²) >= 11 is 5.68. The molecule has 0 saturated carbocycles. The van der Waals surface area contributed by atoms with Crippen LogP contribution in [0.5, 0.6) is 0 Å². The fourth-order valence-corrected chi connectivity index (χ4v) is 1.10. The minimum atomic E-state index is -0.461. The third kappa shape index (κ3) is 0.892. The average Bonchev–Trinajstić information content (AvgIpc) is 2.45. The summed E-state index contributed by atoms with van der Waals surface area (Å²) in [5.41, 5.74) is 3.20. The van der Waals surface area contributed by atoms with Crippen molar-refractivity contribution in [3.8, 4) is 0 Å². The maximum absolute atomic E-state index is 7.32. The van der Waals surface area contributed by atoms with E-state index in [1.165, 1.54) is 10.8 Å². The van der Waals surface area contributed by atoms with E-state index >= 15 is 0 Å². The number of halogens is 1. The summed E-state index contributed by atoms with van der Waals surface area (Å²) in [6.45, 7) is 0. The molecular formula is C5H5ClN4O. The van der Waals surface area contributed by atoms with Crippen molar-refractivity contribution >= 4 is 24.0 Å². The third-order valence-electron chi connectivity index (χ3n) is 1.45. The Labute approximate surface area is 67.9 Å². The Morgan fingerprint density at radius 3 is 3.36 bits per heavy atom. The molecule has 0 amide bonds. The van der Waals surface area contributed by atoms with Crippen molar-refractivity contribution in [1.82, 2.24) is 9.90 Å². The summed E-state index contributed by atoms with van der Waals surface area (Å²) in [7, 11) is 0. The molecule has 1 atom stereocenters. The van der Waals surface area contributed by atoms with Crippen LogP contribution in [-0.2, 0) is 4.84 Å². The molecule has 0 aliphatic carbocycles. The lowest BCUT2D eigenvalue weighted by atomic mass is 10.2. The van der Waals surface area contributed by atoms with Gasteiger partial charge in [-0.2, -0.15) is 0 Å². The fraction of sp³-hybridized carbons (Fsp3) is 0.200. The van der Waals surface area contributed by atoms with E-state index in [0.717, 1.165) is 0 Å². The number of hydrogen-bond acceptors (Lipinski definition) is 4. The standard InChI is InChI=1S/C5H5ClN4O/c6-10-2-8-5(7)4-3(10)1-9-11-4/h1-2,4,7,9H. The van der Waals surface area contributed by atoms with Gasteiger partial charge in [-0.05, 0) is 0 Å². The number of aliphatic imine (C=N–C) groups is 1. The van der Waals surface area contributed by atoms with E-state index in [4.69, 9.17) is 22.0 Å². The summed E-state index contributed by atoms with van der Waals surface area (Å²) < 4.78 is 1.29. The Morgan fingerprint density at radius 1 is 1.82 bits per heavy atom. The van der Waals surface area contributed by atoms with Gasteiger partial charge in [-0.1, -0.05) is 0 Å². The number of amidine groups is 1. The van der Waals surface area contributed by atoms with Crippen LogP contribution in [0, 0.1) is 5.41 Å². The van der Waals surface area contributed by atoms with E-state index in [9.17, 15) is 0 Å². The molecule has 0 bridgehead atoms. The molecule has 0 saturated heterocycles. The van der Waals surface area contributed by atoms with Gasteiger partial charge in [-0.15, -0.1) is 0 Å². The Bertz CT molecular complexity index is 261. The first-order chi connectivity index (χ1) is 5.29. The van der Waals surface area contributed by atoms with Crippen molar-refractivity contribution in [2.45, 2.75) is 6.10 Å². The molecule has 5 nitrogen and oxygen atoms in total. The maximum Gasteiger partial charge on any atom is 0.187 e. The number of hydrogen-bond donors (Lipinski definition) is 2. The normalized spacial score (nSPS) is 28.1. The zero-order chi connectivity index (χ0) is 7.84. The largest absolute Gasteiger partial charge is 0.284 e. The van der Waals surface area contributed by atoms with E-state index in [0.29, 0.717) is 5.70 Å². The molecule has 0 spiro atoms. The topological polar surface area (TPSA) is 60.7 Å². The molecule has 2 aliphatic heterocycles. The van der Waals surface area contributed by atoms with Gasteiger partial charge in [0.2, 0.25) is 0 Å². The van der Waals surface area contributed by atoms with E-state index in [1.54, 1.807) is 6.20 Å². The maximum atomic E-state index is 7.32.